The van der Waals surface area contributed by atoms with Crippen molar-refractivity contribution in [1.82, 2.24) is 14.8 Å². The first-order valence-corrected chi connectivity index (χ1v) is 10.4. The second kappa shape index (κ2) is 9.00. The normalized spacial score (nSPS) is 20.4. The van der Waals surface area contributed by atoms with Crippen LogP contribution in [0.15, 0.2) is 36.5 Å². The average Bonchev–Trinajstić information content (AvgIpc) is 2.73. The molecule has 5 nitrogen and oxygen atoms in total. The molecule has 0 unspecified atom stereocenters. The van der Waals surface area contributed by atoms with E-state index >= 15 is 0 Å². The van der Waals surface area contributed by atoms with Crippen molar-refractivity contribution in [1.29, 1.82) is 0 Å². The molecule has 0 N–H and O–H groups in total. The number of hydrogen-bond donors (Lipinski definition) is 0. The van der Waals surface area contributed by atoms with Crippen LogP contribution in [-0.4, -0.2) is 80.9 Å². The van der Waals surface area contributed by atoms with Gasteiger partial charge in [-0.3, -0.25) is 9.88 Å². The number of likely N-dealkylation sites (tertiary alicyclic amines) is 1. The molecule has 2 aliphatic rings. The molecule has 146 valence electrons. The van der Waals surface area contributed by atoms with Crippen molar-refractivity contribution in [3.05, 3.63) is 36.5 Å². The number of piperidine rings is 1. The molecule has 1 aromatic heterocycles. The van der Waals surface area contributed by atoms with Crippen molar-refractivity contribution in [2.75, 3.05) is 71.0 Å². The maximum absolute atomic E-state index is 5.21. The molecule has 0 aliphatic carbocycles. The lowest BCUT2D eigenvalue weighted by Crippen LogP contribution is -2.49. The van der Waals surface area contributed by atoms with Gasteiger partial charge in [0.2, 0.25) is 0 Å². The average molecular weight is 369 g/mol. The predicted octanol–water partition coefficient (Wildman–Crippen LogP) is 2.72. The zero-order valence-corrected chi connectivity index (χ0v) is 16.5. The second-order valence-electron chi connectivity index (χ2n) is 7.91. The summed E-state index contributed by atoms with van der Waals surface area (Å²) in [5.74, 6) is 0.858. The van der Waals surface area contributed by atoms with Gasteiger partial charge < -0.3 is 14.5 Å². The molecule has 0 atom stereocenters. The summed E-state index contributed by atoms with van der Waals surface area (Å²) >= 11 is 0. The molecule has 2 saturated heterocycles. The molecule has 1 aromatic carbocycles. The van der Waals surface area contributed by atoms with Gasteiger partial charge in [0.05, 0.1) is 12.1 Å². The molecule has 2 aliphatic heterocycles. The largest absolute Gasteiger partial charge is 0.383 e. The van der Waals surface area contributed by atoms with Crippen molar-refractivity contribution in [3.63, 3.8) is 0 Å². The van der Waals surface area contributed by atoms with Crippen LogP contribution in [0.5, 0.6) is 0 Å². The van der Waals surface area contributed by atoms with E-state index in [0.29, 0.717) is 0 Å². The highest BCUT2D eigenvalue weighted by atomic mass is 16.5. The number of aromatic nitrogens is 1. The van der Waals surface area contributed by atoms with E-state index in [1.807, 2.05) is 6.20 Å². The van der Waals surface area contributed by atoms with E-state index in [2.05, 4.69) is 50.0 Å². The van der Waals surface area contributed by atoms with Crippen molar-refractivity contribution >= 4 is 16.6 Å². The Morgan fingerprint density at radius 2 is 1.74 bits per heavy atom. The van der Waals surface area contributed by atoms with Crippen LogP contribution in [-0.2, 0) is 4.74 Å². The SMILES string of the molecule is COCCN1CCC(CN2CCN(c3ccnc4ccccc34)CC2)CC1. The predicted molar refractivity (Wildman–Crippen MR) is 111 cm³/mol. The lowest BCUT2D eigenvalue weighted by atomic mass is 9.96. The van der Waals surface area contributed by atoms with E-state index in [-0.39, 0.29) is 0 Å². The molecule has 2 fully saturated rings. The number of nitrogens with zero attached hydrogens (tertiary/aromatic N) is 4. The van der Waals surface area contributed by atoms with Crippen molar-refractivity contribution in [2.45, 2.75) is 12.8 Å². The van der Waals surface area contributed by atoms with Gasteiger partial charge in [-0.15, -0.1) is 0 Å². The fourth-order valence-corrected chi connectivity index (χ4v) is 4.51. The second-order valence-corrected chi connectivity index (χ2v) is 7.91. The van der Waals surface area contributed by atoms with Crippen LogP contribution in [0.3, 0.4) is 0 Å². The third-order valence-electron chi connectivity index (χ3n) is 6.17. The van der Waals surface area contributed by atoms with Gasteiger partial charge in [-0.05, 0) is 44.0 Å². The number of rotatable bonds is 6. The van der Waals surface area contributed by atoms with E-state index in [1.165, 1.54) is 56.6 Å². The Labute approximate surface area is 162 Å². The number of para-hydroxylation sites is 1. The van der Waals surface area contributed by atoms with Crippen LogP contribution < -0.4 is 4.90 Å². The molecule has 0 radical (unpaired) electrons. The van der Waals surface area contributed by atoms with Crippen LogP contribution in [0.25, 0.3) is 10.9 Å². The quantitative estimate of drug-likeness (QED) is 0.783. The van der Waals surface area contributed by atoms with E-state index in [0.717, 1.165) is 37.7 Å². The molecule has 2 aromatic rings. The van der Waals surface area contributed by atoms with Crippen molar-refractivity contribution in [3.8, 4) is 0 Å². The highest BCUT2D eigenvalue weighted by Crippen LogP contribution is 2.26. The highest BCUT2D eigenvalue weighted by Gasteiger charge is 2.24. The molecule has 27 heavy (non-hydrogen) atoms. The van der Waals surface area contributed by atoms with E-state index < -0.39 is 0 Å². The molecule has 0 spiro atoms. The molecule has 3 heterocycles. The number of fused-ring (bicyclic) bond motifs is 1. The number of benzene rings is 1. The standard InChI is InChI=1S/C22H32N4O/c1-27-17-16-24-10-7-19(8-11-24)18-25-12-14-26(15-13-25)22-6-9-23-21-5-3-2-4-20(21)22/h2-6,9,19H,7-8,10-18H2,1H3. The summed E-state index contributed by atoms with van der Waals surface area (Å²) < 4.78 is 5.21. The van der Waals surface area contributed by atoms with Gasteiger partial charge in [0.15, 0.2) is 0 Å². The summed E-state index contributed by atoms with van der Waals surface area (Å²) in [6.07, 6.45) is 4.61. The van der Waals surface area contributed by atoms with Gasteiger partial charge in [0.1, 0.15) is 0 Å². The van der Waals surface area contributed by atoms with E-state index in [9.17, 15) is 0 Å². The lowest BCUT2D eigenvalue weighted by molar-refractivity contribution is 0.105. The monoisotopic (exact) mass is 368 g/mol. The van der Waals surface area contributed by atoms with Gasteiger partial charge >= 0.3 is 0 Å². The van der Waals surface area contributed by atoms with Crippen LogP contribution >= 0.6 is 0 Å². The molecular weight excluding hydrogens is 336 g/mol. The molecule has 0 amide bonds. The van der Waals surface area contributed by atoms with Gasteiger partial charge in [0.25, 0.3) is 0 Å². The Bertz CT molecular complexity index is 716. The van der Waals surface area contributed by atoms with Crippen molar-refractivity contribution < 1.29 is 4.74 Å². The highest BCUT2D eigenvalue weighted by molar-refractivity contribution is 5.91. The first-order valence-electron chi connectivity index (χ1n) is 10.4. The number of pyridine rings is 1. The summed E-state index contributed by atoms with van der Waals surface area (Å²) in [5, 5.41) is 1.27. The Balaban J connectivity index is 1.27. The summed E-state index contributed by atoms with van der Waals surface area (Å²) in [6, 6.07) is 10.7. The first-order chi connectivity index (χ1) is 13.3. The van der Waals surface area contributed by atoms with Crippen molar-refractivity contribution in [2.24, 2.45) is 5.92 Å². The number of methoxy groups -OCH3 is 1. The van der Waals surface area contributed by atoms with E-state index in [1.54, 1.807) is 7.11 Å². The minimum absolute atomic E-state index is 0.857. The van der Waals surface area contributed by atoms with Gasteiger partial charge in [-0.1, -0.05) is 18.2 Å². The molecule has 0 bridgehead atoms. The van der Waals surface area contributed by atoms with Crippen LogP contribution in [0.1, 0.15) is 12.8 Å². The van der Waals surface area contributed by atoms with Crippen LogP contribution in [0.2, 0.25) is 0 Å². The Hall–Kier alpha value is -1.69. The Kier molecular flexibility index (Phi) is 6.22. The summed E-state index contributed by atoms with van der Waals surface area (Å²) in [4.78, 5) is 12.3. The van der Waals surface area contributed by atoms with Gasteiger partial charge in [-0.2, -0.15) is 0 Å². The van der Waals surface area contributed by atoms with Crippen LogP contribution in [0.4, 0.5) is 5.69 Å². The smallest absolute Gasteiger partial charge is 0.0722 e. The fourth-order valence-electron chi connectivity index (χ4n) is 4.51. The maximum atomic E-state index is 5.21. The summed E-state index contributed by atoms with van der Waals surface area (Å²) in [5.41, 5.74) is 2.43. The Morgan fingerprint density at radius 3 is 2.52 bits per heavy atom. The molecule has 5 heteroatoms. The number of ether oxygens (including phenoxy) is 1. The zero-order chi connectivity index (χ0) is 18.5. The molecule has 4 rings (SSSR count). The molecular formula is C22H32N4O. The zero-order valence-electron chi connectivity index (χ0n) is 16.5. The van der Waals surface area contributed by atoms with Gasteiger partial charge in [0, 0.05) is 63.6 Å². The topological polar surface area (TPSA) is 31.8 Å². The van der Waals surface area contributed by atoms with Gasteiger partial charge in [-0.25, -0.2) is 0 Å². The lowest BCUT2D eigenvalue weighted by Gasteiger charge is -2.39. The Morgan fingerprint density at radius 1 is 0.963 bits per heavy atom. The van der Waals surface area contributed by atoms with Crippen LogP contribution in [0, 0.1) is 5.92 Å². The van der Waals surface area contributed by atoms with E-state index in [4.69, 9.17) is 4.74 Å². The molecule has 0 saturated carbocycles. The summed E-state index contributed by atoms with van der Waals surface area (Å²) in [7, 11) is 1.79. The first kappa shape index (κ1) is 18.7. The minimum atomic E-state index is 0.857. The third kappa shape index (κ3) is 4.60. The maximum Gasteiger partial charge on any atom is 0.0722 e. The number of piperazine rings is 1. The minimum Gasteiger partial charge on any atom is -0.383 e. The fraction of sp³-hybridized carbons (Fsp3) is 0.591. The summed E-state index contributed by atoms with van der Waals surface area (Å²) in [6.45, 7) is 10.2. The number of anilines is 1. The third-order valence-corrected chi connectivity index (χ3v) is 6.17. The number of hydrogen-bond acceptors (Lipinski definition) is 5.